The van der Waals surface area contributed by atoms with Crippen molar-refractivity contribution in [2.75, 3.05) is 0 Å². The Morgan fingerprint density at radius 1 is 1.64 bits per heavy atom. The van der Waals surface area contributed by atoms with Gasteiger partial charge in [0.15, 0.2) is 0 Å². The minimum absolute atomic E-state index is 0.123. The lowest BCUT2D eigenvalue weighted by molar-refractivity contribution is -0.145. The maximum atomic E-state index is 13.3. The van der Waals surface area contributed by atoms with Crippen molar-refractivity contribution in [2.24, 2.45) is 0 Å². The molecule has 5 heteroatoms. The molecule has 0 unspecified atom stereocenters. The predicted molar refractivity (Wildman–Crippen MR) is 49.8 cm³/mol. The second-order valence-corrected chi connectivity index (χ2v) is 3.82. The summed E-state index contributed by atoms with van der Waals surface area (Å²) in [5.74, 6) is -4.73. The first kappa shape index (κ1) is 11.1. The molecule has 0 aliphatic heterocycles. The maximum Gasteiger partial charge on any atom is 0.309 e. The third-order valence-corrected chi connectivity index (χ3v) is 2.90. The first-order valence-corrected chi connectivity index (χ1v) is 5.01. The molecule has 0 saturated carbocycles. The van der Waals surface area contributed by atoms with E-state index in [1.807, 2.05) is 0 Å². The third-order valence-electron chi connectivity index (χ3n) is 1.83. The van der Waals surface area contributed by atoms with Crippen LogP contribution in [-0.2, 0) is 17.1 Å². The van der Waals surface area contributed by atoms with Gasteiger partial charge in [-0.3, -0.25) is 4.79 Å². The zero-order chi connectivity index (χ0) is 10.8. The number of aryl methyl sites for hydroxylation is 1. The summed E-state index contributed by atoms with van der Waals surface area (Å²) in [6.07, 6.45) is -0.644. The molecule has 1 heterocycles. The van der Waals surface area contributed by atoms with Gasteiger partial charge < -0.3 is 5.11 Å². The molecule has 2 nitrogen and oxygen atoms in total. The quantitative estimate of drug-likeness (QED) is 0.847. The van der Waals surface area contributed by atoms with E-state index in [0.717, 1.165) is 11.3 Å². The minimum atomic E-state index is -3.24. The van der Waals surface area contributed by atoms with Crippen LogP contribution in [-0.4, -0.2) is 11.1 Å². The molecule has 0 bridgehead atoms. The van der Waals surface area contributed by atoms with Gasteiger partial charge in [0.2, 0.25) is 0 Å². The highest BCUT2D eigenvalue weighted by Gasteiger charge is 2.37. The minimum Gasteiger partial charge on any atom is -0.481 e. The molecular formula is C9H10F2O2S. The van der Waals surface area contributed by atoms with Crippen molar-refractivity contribution in [2.45, 2.75) is 25.7 Å². The Labute approximate surface area is 84.2 Å². The van der Waals surface area contributed by atoms with Gasteiger partial charge in [0.25, 0.3) is 5.92 Å². The largest absolute Gasteiger partial charge is 0.481 e. The monoisotopic (exact) mass is 220 g/mol. The SMILES string of the molecule is CCc1ccsc1C(F)(F)CC(=O)O. The highest BCUT2D eigenvalue weighted by atomic mass is 32.1. The normalized spacial score (nSPS) is 11.6. The van der Waals surface area contributed by atoms with Crippen molar-refractivity contribution in [1.82, 2.24) is 0 Å². The lowest BCUT2D eigenvalue weighted by atomic mass is 10.1. The molecule has 1 aromatic heterocycles. The smallest absolute Gasteiger partial charge is 0.309 e. The zero-order valence-corrected chi connectivity index (χ0v) is 8.41. The van der Waals surface area contributed by atoms with E-state index >= 15 is 0 Å². The molecule has 1 rings (SSSR count). The van der Waals surface area contributed by atoms with Gasteiger partial charge in [-0.05, 0) is 23.4 Å². The van der Waals surface area contributed by atoms with Crippen molar-refractivity contribution in [3.8, 4) is 0 Å². The van der Waals surface area contributed by atoms with E-state index in [9.17, 15) is 13.6 Å². The molecule has 1 aromatic rings. The third kappa shape index (κ3) is 2.29. The first-order chi connectivity index (χ1) is 6.47. The molecule has 0 aromatic carbocycles. The Bertz CT molecular complexity index is 333. The average Bonchev–Trinajstić information content (AvgIpc) is 2.48. The lowest BCUT2D eigenvalue weighted by Gasteiger charge is -2.13. The lowest BCUT2D eigenvalue weighted by Crippen LogP contribution is -2.18. The predicted octanol–water partition coefficient (Wildman–Crippen LogP) is 2.88. The number of hydrogen-bond acceptors (Lipinski definition) is 2. The molecule has 0 saturated heterocycles. The summed E-state index contributed by atoms with van der Waals surface area (Å²) >= 11 is 0.910. The summed E-state index contributed by atoms with van der Waals surface area (Å²) < 4.78 is 26.6. The van der Waals surface area contributed by atoms with Crippen LogP contribution in [0.3, 0.4) is 0 Å². The number of halogens is 2. The Morgan fingerprint density at radius 3 is 2.79 bits per heavy atom. The van der Waals surface area contributed by atoms with Gasteiger partial charge in [-0.15, -0.1) is 11.3 Å². The second kappa shape index (κ2) is 4.04. The van der Waals surface area contributed by atoms with E-state index in [-0.39, 0.29) is 4.88 Å². The fraction of sp³-hybridized carbons (Fsp3) is 0.444. The van der Waals surface area contributed by atoms with Gasteiger partial charge in [-0.2, -0.15) is 8.78 Å². The molecular weight excluding hydrogens is 210 g/mol. The summed E-state index contributed by atoms with van der Waals surface area (Å²) in [7, 11) is 0. The fourth-order valence-corrected chi connectivity index (χ4v) is 2.18. The van der Waals surface area contributed by atoms with Gasteiger partial charge in [0, 0.05) is 0 Å². The van der Waals surface area contributed by atoms with Crippen LogP contribution in [0, 0.1) is 0 Å². The van der Waals surface area contributed by atoms with Crippen molar-refractivity contribution in [3.63, 3.8) is 0 Å². The first-order valence-electron chi connectivity index (χ1n) is 4.14. The number of rotatable bonds is 4. The number of aliphatic carboxylic acids is 1. The van der Waals surface area contributed by atoms with Crippen molar-refractivity contribution in [1.29, 1.82) is 0 Å². The zero-order valence-electron chi connectivity index (χ0n) is 7.59. The average molecular weight is 220 g/mol. The van der Waals surface area contributed by atoms with Crippen molar-refractivity contribution in [3.05, 3.63) is 21.9 Å². The summed E-state index contributed by atoms with van der Waals surface area (Å²) in [6, 6.07) is 1.61. The molecule has 1 N–H and O–H groups in total. The van der Waals surface area contributed by atoms with Crippen molar-refractivity contribution < 1.29 is 18.7 Å². The van der Waals surface area contributed by atoms with Crippen LogP contribution in [0.2, 0.25) is 0 Å². The Morgan fingerprint density at radius 2 is 2.29 bits per heavy atom. The topological polar surface area (TPSA) is 37.3 Å². The maximum absolute atomic E-state index is 13.3. The molecule has 0 amide bonds. The van der Waals surface area contributed by atoms with E-state index in [0.29, 0.717) is 12.0 Å². The van der Waals surface area contributed by atoms with E-state index < -0.39 is 18.3 Å². The second-order valence-electron chi connectivity index (χ2n) is 2.90. The van der Waals surface area contributed by atoms with E-state index in [4.69, 9.17) is 5.11 Å². The Kier molecular flexibility index (Phi) is 3.21. The fourth-order valence-electron chi connectivity index (χ4n) is 1.21. The van der Waals surface area contributed by atoms with Gasteiger partial charge >= 0.3 is 5.97 Å². The molecule has 78 valence electrons. The Hall–Kier alpha value is -0.970. The number of carbonyl (C=O) groups is 1. The van der Waals surface area contributed by atoms with Crippen LogP contribution in [0.5, 0.6) is 0 Å². The Balaban J connectivity index is 2.96. The number of alkyl halides is 2. The van der Waals surface area contributed by atoms with Crippen LogP contribution in [0.1, 0.15) is 23.8 Å². The van der Waals surface area contributed by atoms with Crippen LogP contribution < -0.4 is 0 Å². The summed E-state index contributed by atoms with van der Waals surface area (Å²) in [4.78, 5) is 10.1. The summed E-state index contributed by atoms with van der Waals surface area (Å²) in [5.41, 5.74) is 0.529. The highest BCUT2D eigenvalue weighted by Crippen LogP contribution is 2.37. The molecule has 0 aliphatic rings. The molecule has 0 spiro atoms. The van der Waals surface area contributed by atoms with Crippen LogP contribution >= 0.6 is 11.3 Å². The molecule has 0 atom stereocenters. The van der Waals surface area contributed by atoms with Gasteiger partial charge in [0.05, 0.1) is 4.88 Å². The summed E-state index contributed by atoms with van der Waals surface area (Å²) in [5, 5.41) is 9.90. The van der Waals surface area contributed by atoms with Crippen LogP contribution in [0.25, 0.3) is 0 Å². The molecule has 0 fully saturated rings. The number of hydrogen-bond donors (Lipinski definition) is 1. The van der Waals surface area contributed by atoms with Crippen molar-refractivity contribution >= 4 is 17.3 Å². The van der Waals surface area contributed by atoms with E-state index in [2.05, 4.69) is 0 Å². The number of carboxylic acid groups (broad SMARTS) is 1. The standard InChI is InChI=1S/C9H10F2O2S/c1-2-6-3-4-14-8(6)9(10,11)5-7(12)13/h3-4H,2,5H2,1H3,(H,12,13). The van der Waals surface area contributed by atoms with Gasteiger partial charge in [-0.1, -0.05) is 6.92 Å². The van der Waals surface area contributed by atoms with Gasteiger partial charge in [-0.25, -0.2) is 0 Å². The number of thiophene rings is 1. The van der Waals surface area contributed by atoms with E-state index in [1.165, 1.54) is 0 Å². The van der Waals surface area contributed by atoms with Gasteiger partial charge in [0.1, 0.15) is 6.42 Å². The molecule has 0 radical (unpaired) electrons. The van der Waals surface area contributed by atoms with Crippen LogP contribution in [0.15, 0.2) is 11.4 Å². The van der Waals surface area contributed by atoms with Crippen LogP contribution in [0.4, 0.5) is 8.78 Å². The molecule has 14 heavy (non-hydrogen) atoms. The highest BCUT2D eigenvalue weighted by molar-refractivity contribution is 7.10. The molecule has 0 aliphatic carbocycles. The summed E-state index contributed by atoms with van der Waals surface area (Å²) in [6.45, 7) is 1.77. The number of carboxylic acids is 1. The van der Waals surface area contributed by atoms with E-state index in [1.54, 1.807) is 18.4 Å².